The molecule has 0 aromatic rings. The van der Waals surface area contributed by atoms with Gasteiger partial charge in [-0.1, -0.05) is 15.9 Å². The van der Waals surface area contributed by atoms with Crippen molar-refractivity contribution < 1.29 is 18.5 Å². The second-order valence-electron chi connectivity index (χ2n) is 2.63. The number of alkyl halides is 1. The molecule has 2 atom stereocenters. The molecule has 0 rings (SSSR count). The molecule has 0 aromatic carbocycles. The minimum atomic E-state index is -3.80. The highest BCUT2D eigenvalue weighted by atomic mass is 79.9. The Morgan fingerprint density at radius 1 is 1.62 bits per heavy atom. The van der Waals surface area contributed by atoms with Crippen LogP contribution in [0.1, 0.15) is 26.7 Å². The van der Waals surface area contributed by atoms with E-state index in [0.717, 1.165) is 18.2 Å². The summed E-state index contributed by atoms with van der Waals surface area (Å²) in [5.74, 6) is 0. The van der Waals surface area contributed by atoms with E-state index in [9.17, 15) is 4.57 Å². The molecule has 0 amide bonds. The molecular formula is C7H16BrO4P. The van der Waals surface area contributed by atoms with Crippen LogP contribution in [0.3, 0.4) is 0 Å². The molecule has 0 saturated heterocycles. The molecule has 13 heavy (non-hydrogen) atoms. The zero-order chi connectivity index (χ0) is 10.3. The Kier molecular flexibility index (Phi) is 7.27. The molecule has 4 nitrogen and oxygen atoms in total. The predicted molar refractivity (Wildman–Crippen MR) is 55.0 cm³/mol. The molecule has 1 N–H and O–H groups in total. The van der Waals surface area contributed by atoms with Crippen LogP contribution in [0.15, 0.2) is 0 Å². The molecule has 0 spiro atoms. The van der Waals surface area contributed by atoms with Crippen molar-refractivity contribution in [3.63, 3.8) is 0 Å². The Morgan fingerprint density at radius 3 is 2.69 bits per heavy atom. The fourth-order valence-corrected chi connectivity index (χ4v) is 2.11. The zero-order valence-electron chi connectivity index (χ0n) is 7.90. The van der Waals surface area contributed by atoms with E-state index in [0.29, 0.717) is 0 Å². The minimum Gasteiger partial charge on any atom is -0.302 e. The standard InChI is InChI=1S/C7H16BrO4P/c1-3-11-13(9,10)12-7(2)5-4-6-8/h7H,3-6H2,1-2H3,(H,9,10). The summed E-state index contributed by atoms with van der Waals surface area (Å²) in [6, 6.07) is 0. The molecule has 0 heterocycles. The fraction of sp³-hybridized carbons (Fsp3) is 1.00. The average Bonchev–Trinajstić information content (AvgIpc) is 1.99. The van der Waals surface area contributed by atoms with Crippen LogP contribution in [0.2, 0.25) is 0 Å². The second-order valence-corrected chi connectivity index (χ2v) is 4.83. The van der Waals surface area contributed by atoms with Crippen molar-refractivity contribution in [1.29, 1.82) is 0 Å². The monoisotopic (exact) mass is 274 g/mol. The van der Waals surface area contributed by atoms with Crippen molar-refractivity contribution in [2.75, 3.05) is 11.9 Å². The lowest BCUT2D eigenvalue weighted by Crippen LogP contribution is -2.07. The van der Waals surface area contributed by atoms with E-state index >= 15 is 0 Å². The lowest BCUT2D eigenvalue weighted by atomic mass is 10.2. The van der Waals surface area contributed by atoms with Gasteiger partial charge in [0.15, 0.2) is 0 Å². The zero-order valence-corrected chi connectivity index (χ0v) is 10.4. The smallest absolute Gasteiger partial charge is 0.302 e. The quantitative estimate of drug-likeness (QED) is 0.573. The van der Waals surface area contributed by atoms with Gasteiger partial charge in [0.2, 0.25) is 0 Å². The van der Waals surface area contributed by atoms with Gasteiger partial charge < -0.3 is 4.89 Å². The molecular weight excluding hydrogens is 259 g/mol. The summed E-state index contributed by atoms with van der Waals surface area (Å²) >= 11 is 3.27. The first-order chi connectivity index (χ1) is 6.02. The van der Waals surface area contributed by atoms with Gasteiger partial charge >= 0.3 is 7.82 Å². The van der Waals surface area contributed by atoms with Crippen molar-refractivity contribution in [3.05, 3.63) is 0 Å². The third kappa shape index (κ3) is 7.65. The van der Waals surface area contributed by atoms with Crippen LogP contribution in [0.4, 0.5) is 0 Å². The molecule has 80 valence electrons. The highest BCUT2D eigenvalue weighted by molar-refractivity contribution is 9.09. The third-order valence-electron chi connectivity index (χ3n) is 1.35. The Hall–Kier alpha value is 0.590. The Balaban J connectivity index is 3.75. The van der Waals surface area contributed by atoms with Gasteiger partial charge in [0.25, 0.3) is 0 Å². The molecule has 0 aliphatic heterocycles. The van der Waals surface area contributed by atoms with Gasteiger partial charge in [-0.05, 0) is 26.7 Å². The molecule has 0 aliphatic carbocycles. The molecule has 0 aliphatic rings. The summed E-state index contributed by atoms with van der Waals surface area (Å²) in [4.78, 5) is 9.08. The molecule has 0 saturated carbocycles. The largest absolute Gasteiger partial charge is 0.472 e. The summed E-state index contributed by atoms with van der Waals surface area (Å²) in [6.07, 6.45) is 1.40. The molecule has 2 unspecified atom stereocenters. The van der Waals surface area contributed by atoms with E-state index < -0.39 is 7.82 Å². The molecule has 6 heteroatoms. The minimum absolute atomic E-state index is 0.180. The summed E-state index contributed by atoms with van der Waals surface area (Å²) in [6.45, 7) is 3.58. The number of phosphoric ester groups is 1. The van der Waals surface area contributed by atoms with Crippen molar-refractivity contribution in [3.8, 4) is 0 Å². The highest BCUT2D eigenvalue weighted by Crippen LogP contribution is 2.44. The van der Waals surface area contributed by atoms with E-state index in [-0.39, 0.29) is 12.7 Å². The molecule has 0 fully saturated rings. The van der Waals surface area contributed by atoms with Crippen molar-refractivity contribution in [2.24, 2.45) is 0 Å². The van der Waals surface area contributed by atoms with Gasteiger partial charge in [0, 0.05) is 5.33 Å². The topological polar surface area (TPSA) is 55.8 Å². The highest BCUT2D eigenvalue weighted by Gasteiger charge is 2.22. The van der Waals surface area contributed by atoms with Crippen LogP contribution in [0, 0.1) is 0 Å². The van der Waals surface area contributed by atoms with E-state index in [1.165, 1.54) is 0 Å². The van der Waals surface area contributed by atoms with Gasteiger partial charge in [-0.2, -0.15) is 0 Å². The molecule has 0 bridgehead atoms. The maximum Gasteiger partial charge on any atom is 0.472 e. The van der Waals surface area contributed by atoms with E-state index in [2.05, 4.69) is 20.5 Å². The van der Waals surface area contributed by atoms with Crippen LogP contribution in [-0.2, 0) is 13.6 Å². The lowest BCUT2D eigenvalue weighted by Gasteiger charge is -2.16. The van der Waals surface area contributed by atoms with Crippen LogP contribution in [0.25, 0.3) is 0 Å². The van der Waals surface area contributed by atoms with Crippen molar-refractivity contribution in [2.45, 2.75) is 32.8 Å². The van der Waals surface area contributed by atoms with Gasteiger partial charge in [0.1, 0.15) is 0 Å². The second kappa shape index (κ2) is 6.96. The summed E-state index contributed by atoms with van der Waals surface area (Å²) in [5, 5.41) is 0.866. The van der Waals surface area contributed by atoms with Gasteiger partial charge in [-0.15, -0.1) is 0 Å². The summed E-state index contributed by atoms with van der Waals surface area (Å²) in [5.41, 5.74) is 0. The molecule has 0 aromatic heterocycles. The number of hydrogen-bond acceptors (Lipinski definition) is 3. The summed E-state index contributed by atoms with van der Waals surface area (Å²) in [7, 11) is -3.80. The first-order valence-electron chi connectivity index (χ1n) is 4.23. The van der Waals surface area contributed by atoms with Crippen LogP contribution < -0.4 is 0 Å². The van der Waals surface area contributed by atoms with Gasteiger partial charge in [-0.3, -0.25) is 9.05 Å². The Morgan fingerprint density at radius 2 is 2.23 bits per heavy atom. The lowest BCUT2D eigenvalue weighted by molar-refractivity contribution is 0.112. The number of hydrogen-bond donors (Lipinski definition) is 1. The van der Waals surface area contributed by atoms with E-state index in [1.807, 2.05) is 0 Å². The van der Waals surface area contributed by atoms with E-state index in [1.54, 1.807) is 13.8 Å². The maximum atomic E-state index is 11.1. The number of rotatable bonds is 7. The average molecular weight is 275 g/mol. The third-order valence-corrected chi connectivity index (χ3v) is 3.12. The van der Waals surface area contributed by atoms with Gasteiger partial charge in [-0.25, -0.2) is 4.57 Å². The molecule has 0 radical (unpaired) electrons. The van der Waals surface area contributed by atoms with Crippen molar-refractivity contribution >= 4 is 23.8 Å². The van der Waals surface area contributed by atoms with E-state index in [4.69, 9.17) is 9.42 Å². The first kappa shape index (κ1) is 13.6. The predicted octanol–water partition coefficient (Wildman–Crippen LogP) is 2.70. The maximum absolute atomic E-state index is 11.1. The van der Waals surface area contributed by atoms with Crippen LogP contribution >= 0.6 is 23.8 Å². The van der Waals surface area contributed by atoms with Gasteiger partial charge in [0.05, 0.1) is 12.7 Å². The Bertz CT molecular complexity index is 176. The number of phosphoric acid groups is 1. The van der Waals surface area contributed by atoms with Crippen LogP contribution in [0.5, 0.6) is 0 Å². The Labute approximate surface area is 87.4 Å². The normalized spacial score (nSPS) is 18.2. The summed E-state index contributed by atoms with van der Waals surface area (Å²) < 4.78 is 20.5. The number of halogens is 1. The first-order valence-corrected chi connectivity index (χ1v) is 6.85. The SMILES string of the molecule is CCOP(=O)(O)OC(C)CCCBr. The fourth-order valence-electron chi connectivity index (χ4n) is 0.838. The van der Waals surface area contributed by atoms with Crippen molar-refractivity contribution in [1.82, 2.24) is 0 Å². The van der Waals surface area contributed by atoms with Crippen LogP contribution in [-0.4, -0.2) is 22.9 Å².